The summed E-state index contributed by atoms with van der Waals surface area (Å²) in [5, 5.41) is 8.80. The Kier molecular flexibility index (Phi) is 4.39. The van der Waals surface area contributed by atoms with E-state index < -0.39 is 5.97 Å². The van der Waals surface area contributed by atoms with Gasteiger partial charge in [0.25, 0.3) is 0 Å². The minimum atomic E-state index is -0.830. The lowest BCUT2D eigenvalue weighted by Gasteiger charge is -2.05. The second kappa shape index (κ2) is 6.05. The van der Waals surface area contributed by atoms with E-state index in [1.54, 1.807) is 12.1 Å². The molecule has 2 rings (SSSR count). The van der Waals surface area contributed by atoms with Gasteiger partial charge in [-0.15, -0.1) is 11.3 Å². The van der Waals surface area contributed by atoms with Gasteiger partial charge in [-0.3, -0.25) is 4.79 Å². The van der Waals surface area contributed by atoms with Crippen molar-refractivity contribution in [3.05, 3.63) is 41.0 Å². The first-order valence-electron chi connectivity index (χ1n) is 6.16. The summed E-state index contributed by atoms with van der Waals surface area (Å²) in [6.45, 7) is 1.86. The number of carboxylic acids is 1. The van der Waals surface area contributed by atoms with E-state index >= 15 is 0 Å². The molecule has 0 aliphatic heterocycles. The molecule has 1 heterocycles. The third kappa shape index (κ3) is 3.17. The maximum Gasteiger partial charge on any atom is 0.303 e. The summed E-state index contributed by atoms with van der Waals surface area (Å²) >= 11 is 1.42. The topological polar surface area (TPSA) is 46.5 Å². The fourth-order valence-electron chi connectivity index (χ4n) is 1.95. The van der Waals surface area contributed by atoms with Crippen LogP contribution in [0, 0.1) is 5.82 Å². The van der Waals surface area contributed by atoms with Gasteiger partial charge >= 0.3 is 5.97 Å². The number of rotatable bonds is 5. The molecule has 0 amide bonds. The standard InChI is InChI=1S/C15H15FO3S/c1-9(7-15(17)18)13-5-6-14(20-13)11-4-3-10(19-2)8-12(11)16/h3-6,8-9H,7H2,1-2H3,(H,17,18). The normalized spacial score (nSPS) is 12.2. The maximum absolute atomic E-state index is 14.0. The molecular formula is C15H15FO3S. The Morgan fingerprint density at radius 1 is 1.40 bits per heavy atom. The molecule has 0 fully saturated rings. The van der Waals surface area contributed by atoms with Crippen LogP contribution in [0.5, 0.6) is 5.75 Å². The lowest BCUT2D eigenvalue weighted by Crippen LogP contribution is -2.00. The van der Waals surface area contributed by atoms with Crippen LogP contribution in [0.4, 0.5) is 4.39 Å². The first kappa shape index (κ1) is 14.5. The number of aliphatic carboxylic acids is 1. The summed E-state index contributed by atoms with van der Waals surface area (Å²) in [5.74, 6) is -0.776. The van der Waals surface area contributed by atoms with Crippen molar-refractivity contribution < 1.29 is 19.0 Å². The van der Waals surface area contributed by atoms with Gasteiger partial charge in [-0.25, -0.2) is 4.39 Å². The van der Waals surface area contributed by atoms with Crippen LogP contribution >= 0.6 is 11.3 Å². The van der Waals surface area contributed by atoms with Gasteiger partial charge in [0, 0.05) is 27.3 Å². The van der Waals surface area contributed by atoms with Crippen molar-refractivity contribution in [1.29, 1.82) is 0 Å². The van der Waals surface area contributed by atoms with Crippen molar-refractivity contribution in [2.45, 2.75) is 19.3 Å². The number of hydrogen-bond acceptors (Lipinski definition) is 3. The molecule has 0 aliphatic carbocycles. The van der Waals surface area contributed by atoms with Crippen LogP contribution in [-0.2, 0) is 4.79 Å². The van der Waals surface area contributed by atoms with Crippen LogP contribution in [-0.4, -0.2) is 18.2 Å². The van der Waals surface area contributed by atoms with Crippen molar-refractivity contribution in [3.8, 4) is 16.2 Å². The third-order valence-corrected chi connectivity index (χ3v) is 4.39. The molecule has 1 atom stereocenters. The van der Waals surface area contributed by atoms with E-state index in [2.05, 4.69) is 0 Å². The fraction of sp³-hybridized carbons (Fsp3) is 0.267. The SMILES string of the molecule is COc1ccc(-c2ccc(C(C)CC(=O)O)s2)c(F)c1. The van der Waals surface area contributed by atoms with Gasteiger partial charge in [0.05, 0.1) is 13.5 Å². The molecule has 106 valence electrons. The molecule has 0 saturated carbocycles. The number of halogens is 1. The molecular weight excluding hydrogens is 279 g/mol. The summed E-state index contributed by atoms with van der Waals surface area (Å²) < 4.78 is 18.9. The van der Waals surface area contributed by atoms with Crippen molar-refractivity contribution in [2.75, 3.05) is 7.11 Å². The van der Waals surface area contributed by atoms with Gasteiger partial charge in [-0.1, -0.05) is 6.92 Å². The highest BCUT2D eigenvalue weighted by Crippen LogP contribution is 2.35. The minimum Gasteiger partial charge on any atom is -0.497 e. The van der Waals surface area contributed by atoms with Crippen LogP contribution in [0.25, 0.3) is 10.4 Å². The molecule has 1 aromatic heterocycles. The van der Waals surface area contributed by atoms with Gasteiger partial charge in [0.1, 0.15) is 11.6 Å². The number of carbonyl (C=O) groups is 1. The van der Waals surface area contributed by atoms with Gasteiger partial charge in [0.2, 0.25) is 0 Å². The van der Waals surface area contributed by atoms with E-state index in [9.17, 15) is 9.18 Å². The third-order valence-electron chi connectivity index (χ3n) is 3.04. The molecule has 0 aliphatic rings. The van der Waals surface area contributed by atoms with E-state index in [1.165, 1.54) is 24.5 Å². The van der Waals surface area contributed by atoms with Crippen molar-refractivity contribution >= 4 is 17.3 Å². The molecule has 0 spiro atoms. The monoisotopic (exact) mass is 294 g/mol. The molecule has 5 heteroatoms. The van der Waals surface area contributed by atoms with Gasteiger partial charge in [-0.05, 0) is 24.3 Å². The molecule has 3 nitrogen and oxygen atoms in total. The summed E-state index contributed by atoms with van der Waals surface area (Å²) in [7, 11) is 1.49. The number of methoxy groups -OCH3 is 1. The fourth-order valence-corrected chi connectivity index (χ4v) is 3.03. The van der Waals surface area contributed by atoms with E-state index in [-0.39, 0.29) is 18.2 Å². The zero-order chi connectivity index (χ0) is 14.7. The first-order valence-corrected chi connectivity index (χ1v) is 6.98. The summed E-state index contributed by atoms with van der Waals surface area (Å²) in [5.41, 5.74) is 0.504. The second-order valence-corrected chi connectivity index (χ2v) is 5.66. The van der Waals surface area contributed by atoms with Gasteiger partial charge < -0.3 is 9.84 Å². The predicted octanol–water partition coefficient (Wildman–Crippen LogP) is 4.14. The Hall–Kier alpha value is -1.88. The highest BCUT2D eigenvalue weighted by molar-refractivity contribution is 7.15. The average molecular weight is 294 g/mol. The summed E-state index contributed by atoms with van der Waals surface area (Å²) in [6.07, 6.45) is 0.0745. The summed E-state index contributed by atoms with van der Waals surface area (Å²) in [6, 6.07) is 8.40. The Labute approximate surface area is 120 Å². The van der Waals surface area contributed by atoms with Crippen LogP contribution in [0.1, 0.15) is 24.1 Å². The number of thiophene rings is 1. The van der Waals surface area contributed by atoms with Crippen LogP contribution < -0.4 is 4.74 Å². The Morgan fingerprint density at radius 2 is 2.15 bits per heavy atom. The Bertz CT molecular complexity index is 621. The Morgan fingerprint density at radius 3 is 2.75 bits per heavy atom. The molecule has 20 heavy (non-hydrogen) atoms. The van der Waals surface area contributed by atoms with Crippen LogP contribution in [0.3, 0.4) is 0 Å². The summed E-state index contributed by atoms with van der Waals surface area (Å²) in [4.78, 5) is 12.4. The minimum absolute atomic E-state index is 0.0745. The van der Waals surface area contributed by atoms with Crippen molar-refractivity contribution in [3.63, 3.8) is 0 Å². The molecule has 1 N–H and O–H groups in total. The lowest BCUT2D eigenvalue weighted by atomic mass is 10.1. The molecule has 1 aromatic carbocycles. The predicted molar refractivity (Wildman–Crippen MR) is 76.9 cm³/mol. The quantitative estimate of drug-likeness (QED) is 0.901. The smallest absolute Gasteiger partial charge is 0.303 e. The van der Waals surface area contributed by atoms with Crippen molar-refractivity contribution in [2.24, 2.45) is 0 Å². The highest BCUT2D eigenvalue weighted by Gasteiger charge is 2.15. The molecule has 2 aromatic rings. The van der Waals surface area contributed by atoms with Crippen molar-refractivity contribution in [1.82, 2.24) is 0 Å². The molecule has 0 radical (unpaired) electrons. The molecule has 0 bridgehead atoms. The molecule has 1 unspecified atom stereocenters. The van der Waals surface area contributed by atoms with Gasteiger partial charge in [0.15, 0.2) is 0 Å². The van der Waals surface area contributed by atoms with E-state index in [0.717, 1.165) is 9.75 Å². The van der Waals surface area contributed by atoms with E-state index in [0.29, 0.717) is 11.3 Å². The lowest BCUT2D eigenvalue weighted by molar-refractivity contribution is -0.137. The Balaban J connectivity index is 2.26. The number of benzene rings is 1. The number of carboxylic acid groups (broad SMARTS) is 1. The highest BCUT2D eigenvalue weighted by atomic mass is 32.1. The zero-order valence-electron chi connectivity index (χ0n) is 11.2. The van der Waals surface area contributed by atoms with E-state index in [1.807, 2.05) is 19.1 Å². The van der Waals surface area contributed by atoms with E-state index in [4.69, 9.17) is 9.84 Å². The van der Waals surface area contributed by atoms with Gasteiger partial charge in [-0.2, -0.15) is 0 Å². The first-order chi connectivity index (χ1) is 9.51. The number of ether oxygens (including phenoxy) is 1. The van der Waals surface area contributed by atoms with Crippen LogP contribution in [0.15, 0.2) is 30.3 Å². The average Bonchev–Trinajstić information content (AvgIpc) is 2.87. The molecule has 0 saturated heterocycles. The second-order valence-electron chi connectivity index (χ2n) is 4.55. The number of hydrogen-bond donors (Lipinski definition) is 1. The largest absolute Gasteiger partial charge is 0.497 e. The maximum atomic E-state index is 14.0. The zero-order valence-corrected chi connectivity index (χ0v) is 12.0. The van der Waals surface area contributed by atoms with Crippen LogP contribution in [0.2, 0.25) is 0 Å².